The topological polar surface area (TPSA) is 49.3 Å². The molecule has 0 amide bonds. The van der Waals surface area contributed by atoms with Gasteiger partial charge in [-0.05, 0) is 18.8 Å². The quantitative estimate of drug-likeness (QED) is 0.555. The van der Waals surface area contributed by atoms with E-state index < -0.39 is 0 Å². The van der Waals surface area contributed by atoms with Crippen molar-refractivity contribution in [1.82, 2.24) is 5.32 Å². The molecule has 1 fully saturated rings. The lowest BCUT2D eigenvalue weighted by Gasteiger charge is -2.22. The minimum Gasteiger partial charge on any atom is -0.396 e. The van der Waals surface area contributed by atoms with E-state index in [-0.39, 0.29) is 6.61 Å². The zero-order valence-corrected chi connectivity index (χ0v) is 6.47. The van der Waals surface area contributed by atoms with Crippen molar-refractivity contribution in [3.05, 3.63) is 5.70 Å². The number of piperidine rings is 1. The van der Waals surface area contributed by atoms with Gasteiger partial charge in [-0.1, -0.05) is 0 Å². The lowest BCUT2D eigenvalue weighted by atomic mass is 9.93. The van der Waals surface area contributed by atoms with E-state index in [2.05, 4.69) is 5.32 Å². The van der Waals surface area contributed by atoms with E-state index in [0.29, 0.717) is 11.6 Å². The summed E-state index contributed by atoms with van der Waals surface area (Å²) in [6.07, 6.45) is 2.60. The van der Waals surface area contributed by atoms with Crippen LogP contribution in [0.2, 0.25) is 0 Å². The minimum atomic E-state index is 0.219. The van der Waals surface area contributed by atoms with Crippen molar-refractivity contribution in [3.63, 3.8) is 0 Å². The Bertz CT molecular complexity index is 171. The Kier molecular flexibility index (Phi) is 3.14. The van der Waals surface area contributed by atoms with E-state index in [9.17, 15) is 4.79 Å². The number of hydrogen-bond donors (Lipinski definition) is 2. The highest BCUT2D eigenvalue weighted by Crippen LogP contribution is 2.19. The molecule has 1 heterocycles. The smallest absolute Gasteiger partial charge is 0.145 e. The molecule has 62 valence electrons. The Morgan fingerprint density at radius 1 is 1.73 bits per heavy atom. The predicted octanol–water partition coefficient (Wildman–Crippen LogP) is 0.0839. The largest absolute Gasteiger partial charge is 0.396 e. The van der Waals surface area contributed by atoms with Crippen molar-refractivity contribution in [2.75, 3.05) is 13.2 Å². The lowest BCUT2D eigenvalue weighted by molar-refractivity contribution is 0.243. The molecule has 1 saturated heterocycles. The Morgan fingerprint density at radius 2 is 2.55 bits per heavy atom. The Balaban J connectivity index is 2.39. The summed E-state index contributed by atoms with van der Waals surface area (Å²) >= 11 is 0. The van der Waals surface area contributed by atoms with Crippen molar-refractivity contribution in [2.45, 2.75) is 19.3 Å². The van der Waals surface area contributed by atoms with Crippen molar-refractivity contribution < 1.29 is 9.90 Å². The van der Waals surface area contributed by atoms with E-state index >= 15 is 0 Å². The SMILES string of the molecule is O=C=C1CC(CCO)CCN1. The van der Waals surface area contributed by atoms with Crippen LogP contribution in [0.3, 0.4) is 0 Å². The number of rotatable bonds is 2. The molecular weight excluding hydrogens is 142 g/mol. The third-order valence-electron chi connectivity index (χ3n) is 2.04. The highest BCUT2D eigenvalue weighted by molar-refractivity contribution is 5.51. The standard InChI is InChI=1S/C8H13NO2/c10-4-2-7-1-3-9-8(5-7)6-11/h7,9-10H,1-5H2. The average Bonchev–Trinajstić information content (AvgIpc) is 2.06. The highest BCUT2D eigenvalue weighted by atomic mass is 16.3. The summed E-state index contributed by atoms with van der Waals surface area (Å²) < 4.78 is 0. The fourth-order valence-corrected chi connectivity index (χ4v) is 1.40. The van der Waals surface area contributed by atoms with Crippen LogP contribution in [0.25, 0.3) is 0 Å². The first-order valence-electron chi connectivity index (χ1n) is 3.95. The van der Waals surface area contributed by atoms with Gasteiger partial charge in [-0.3, -0.25) is 0 Å². The van der Waals surface area contributed by atoms with Crippen LogP contribution in [0.4, 0.5) is 0 Å². The molecule has 3 nitrogen and oxygen atoms in total. The molecule has 0 aromatic rings. The third kappa shape index (κ3) is 2.37. The Morgan fingerprint density at radius 3 is 3.18 bits per heavy atom. The molecule has 0 aromatic heterocycles. The highest BCUT2D eigenvalue weighted by Gasteiger charge is 2.16. The first-order chi connectivity index (χ1) is 5.36. The fraction of sp³-hybridized carbons (Fsp3) is 0.750. The third-order valence-corrected chi connectivity index (χ3v) is 2.04. The second-order valence-corrected chi connectivity index (χ2v) is 2.88. The first kappa shape index (κ1) is 8.31. The summed E-state index contributed by atoms with van der Waals surface area (Å²) in [5, 5.41) is 11.6. The maximum absolute atomic E-state index is 10.2. The predicted molar refractivity (Wildman–Crippen MR) is 41.6 cm³/mol. The van der Waals surface area contributed by atoms with Crippen molar-refractivity contribution in [2.24, 2.45) is 5.92 Å². The molecule has 1 atom stereocenters. The lowest BCUT2D eigenvalue weighted by Crippen LogP contribution is -2.26. The fourth-order valence-electron chi connectivity index (χ4n) is 1.40. The number of nitrogens with one attached hydrogen (secondary N) is 1. The normalized spacial score (nSPS) is 24.1. The minimum absolute atomic E-state index is 0.219. The van der Waals surface area contributed by atoms with Crippen molar-refractivity contribution in [1.29, 1.82) is 0 Å². The second kappa shape index (κ2) is 4.16. The van der Waals surface area contributed by atoms with E-state index in [1.807, 2.05) is 5.94 Å². The van der Waals surface area contributed by atoms with Gasteiger partial charge in [0.2, 0.25) is 0 Å². The molecule has 11 heavy (non-hydrogen) atoms. The Labute approximate surface area is 66.1 Å². The number of hydrogen-bond acceptors (Lipinski definition) is 3. The zero-order valence-electron chi connectivity index (χ0n) is 6.47. The summed E-state index contributed by atoms with van der Waals surface area (Å²) in [6.45, 7) is 1.06. The maximum Gasteiger partial charge on any atom is 0.145 e. The molecule has 1 aliphatic heterocycles. The molecule has 0 spiro atoms. The molecule has 0 bridgehead atoms. The molecule has 1 aliphatic rings. The van der Waals surface area contributed by atoms with Gasteiger partial charge in [0.1, 0.15) is 5.94 Å². The van der Waals surface area contributed by atoms with E-state index in [4.69, 9.17) is 5.11 Å². The van der Waals surface area contributed by atoms with Crippen LogP contribution in [-0.4, -0.2) is 24.2 Å². The van der Waals surface area contributed by atoms with Gasteiger partial charge in [0, 0.05) is 19.6 Å². The summed E-state index contributed by atoms with van der Waals surface area (Å²) in [5.41, 5.74) is 0.662. The van der Waals surface area contributed by atoms with Gasteiger partial charge < -0.3 is 10.4 Å². The van der Waals surface area contributed by atoms with Gasteiger partial charge in [0.05, 0.1) is 5.70 Å². The van der Waals surface area contributed by atoms with Gasteiger partial charge in [-0.15, -0.1) is 0 Å². The van der Waals surface area contributed by atoms with Gasteiger partial charge in [0.25, 0.3) is 0 Å². The van der Waals surface area contributed by atoms with Crippen LogP contribution >= 0.6 is 0 Å². The molecule has 3 heteroatoms. The summed E-state index contributed by atoms with van der Waals surface area (Å²) in [4.78, 5) is 10.2. The summed E-state index contributed by atoms with van der Waals surface area (Å²) in [5.74, 6) is 2.34. The monoisotopic (exact) mass is 155 g/mol. The van der Waals surface area contributed by atoms with Crippen LogP contribution in [0.15, 0.2) is 5.70 Å². The van der Waals surface area contributed by atoms with Crippen LogP contribution in [0, 0.1) is 5.92 Å². The summed E-state index contributed by atoms with van der Waals surface area (Å²) in [7, 11) is 0. The number of allylic oxidation sites excluding steroid dienone is 1. The number of carbonyl (C=O) groups excluding carboxylic acids is 1. The summed E-state index contributed by atoms with van der Waals surface area (Å²) in [6, 6.07) is 0. The zero-order chi connectivity index (χ0) is 8.10. The molecule has 0 aromatic carbocycles. The average molecular weight is 155 g/mol. The van der Waals surface area contributed by atoms with Crippen LogP contribution in [-0.2, 0) is 4.79 Å². The second-order valence-electron chi connectivity index (χ2n) is 2.88. The first-order valence-corrected chi connectivity index (χ1v) is 3.95. The van der Waals surface area contributed by atoms with Gasteiger partial charge in [0.15, 0.2) is 0 Å². The van der Waals surface area contributed by atoms with Crippen LogP contribution in [0.1, 0.15) is 19.3 Å². The van der Waals surface area contributed by atoms with Gasteiger partial charge in [-0.25, -0.2) is 4.79 Å². The number of aliphatic hydroxyl groups excluding tert-OH is 1. The van der Waals surface area contributed by atoms with Crippen LogP contribution < -0.4 is 5.32 Å². The molecule has 0 radical (unpaired) electrons. The maximum atomic E-state index is 10.2. The van der Waals surface area contributed by atoms with E-state index in [1.54, 1.807) is 0 Å². The van der Waals surface area contributed by atoms with Gasteiger partial charge in [-0.2, -0.15) is 0 Å². The molecule has 1 unspecified atom stereocenters. The molecule has 0 aliphatic carbocycles. The van der Waals surface area contributed by atoms with E-state index in [0.717, 1.165) is 25.8 Å². The molecule has 1 rings (SSSR count). The Hall–Kier alpha value is -0.790. The molecule has 0 saturated carbocycles. The van der Waals surface area contributed by atoms with Crippen LogP contribution in [0.5, 0.6) is 0 Å². The van der Waals surface area contributed by atoms with Crippen molar-refractivity contribution >= 4 is 5.94 Å². The molecular formula is C8H13NO2. The molecule has 2 N–H and O–H groups in total. The van der Waals surface area contributed by atoms with E-state index in [1.165, 1.54) is 0 Å². The number of aliphatic hydroxyl groups is 1. The van der Waals surface area contributed by atoms with Gasteiger partial charge >= 0.3 is 0 Å². The van der Waals surface area contributed by atoms with Crippen molar-refractivity contribution in [3.8, 4) is 0 Å².